The summed E-state index contributed by atoms with van der Waals surface area (Å²) in [5.41, 5.74) is 5.68. The number of aromatic nitrogens is 2. The van der Waals surface area contributed by atoms with Gasteiger partial charge >= 0.3 is 6.18 Å². The van der Waals surface area contributed by atoms with Gasteiger partial charge in [0.2, 0.25) is 11.9 Å². The predicted molar refractivity (Wildman–Crippen MR) is 125 cm³/mol. The number of nitrogens with two attached hydrogens (primary N) is 1. The summed E-state index contributed by atoms with van der Waals surface area (Å²) in [6.07, 6.45) is -3.14. The average molecular weight is 496 g/mol. The number of imidazole rings is 1. The van der Waals surface area contributed by atoms with Crippen LogP contribution < -0.4 is 16.1 Å². The van der Waals surface area contributed by atoms with Crippen molar-refractivity contribution in [1.82, 2.24) is 9.55 Å². The topological polar surface area (TPSA) is 119 Å². The standard InChI is InChI=1S/C24H19F3N6O3/c25-24(26,27)14-8-9-19-17(11-14)29-23(32(19)13-16-7-4-10-36-16)30-22(35)18-12-20(21(28)34)33(31-18)15-5-2-1-3-6-15/h1-11,20H,12-13H2,(H2,28,34)(H,29,30,35). The molecule has 3 N–H and O–H groups in total. The molecular weight excluding hydrogens is 477 g/mol. The van der Waals surface area contributed by atoms with Crippen molar-refractivity contribution in [2.75, 3.05) is 10.3 Å². The van der Waals surface area contributed by atoms with E-state index in [4.69, 9.17) is 10.2 Å². The number of para-hydroxylation sites is 1. The number of anilines is 2. The van der Waals surface area contributed by atoms with Gasteiger partial charge in [0, 0.05) is 6.42 Å². The first kappa shape index (κ1) is 23.1. The Kier molecular flexibility index (Phi) is 5.71. The first-order chi connectivity index (χ1) is 17.2. The van der Waals surface area contributed by atoms with Crippen LogP contribution in [0.15, 0.2) is 76.4 Å². The maximum absolute atomic E-state index is 13.2. The molecule has 36 heavy (non-hydrogen) atoms. The minimum atomic E-state index is -4.55. The molecule has 1 atom stereocenters. The number of fused-ring (bicyclic) bond motifs is 1. The van der Waals surface area contributed by atoms with E-state index in [-0.39, 0.29) is 30.1 Å². The van der Waals surface area contributed by atoms with E-state index in [1.807, 2.05) is 0 Å². The molecule has 5 rings (SSSR count). The van der Waals surface area contributed by atoms with E-state index in [1.165, 1.54) is 21.9 Å². The summed E-state index contributed by atoms with van der Waals surface area (Å²) < 4.78 is 46.6. The largest absolute Gasteiger partial charge is 0.467 e. The molecule has 4 aromatic rings. The van der Waals surface area contributed by atoms with Gasteiger partial charge in [-0.3, -0.25) is 19.9 Å². The van der Waals surface area contributed by atoms with Gasteiger partial charge in [0.05, 0.1) is 35.1 Å². The zero-order valence-corrected chi connectivity index (χ0v) is 18.6. The predicted octanol–water partition coefficient (Wildman–Crippen LogP) is 3.76. The zero-order chi connectivity index (χ0) is 25.4. The van der Waals surface area contributed by atoms with Gasteiger partial charge in [-0.05, 0) is 42.5 Å². The Morgan fingerprint density at radius 3 is 2.56 bits per heavy atom. The Morgan fingerprint density at radius 1 is 1.11 bits per heavy atom. The lowest BCUT2D eigenvalue weighted by Crippen LogP contribution is -2.39. The number of alkyl halides is 3. The molecule has 12 heteroatoms. The highest BCUT2D eigenvalue weighted by molar-refractivity contribution is 6.44. The van der Waals surface area contributed by atoms with Crippen LogP contribution in [0.25, 0.3) is 11.0 Å². The molecule has 0 radical (unpaired) electrons. The molecule has 0 bridgehead atoms. The van der Waals surface area contributed by atoms with Crippen LogP contribution in [0.5, 0.6) is 0 Å². The van der Waals surface area contributed by atoms with Crippen molar-refractivity contribution in [1.29, 1.82) is 0 Å². The third kappa shape index (κ3) is 4.40. The summed E-state index contributed by atoms with van der Waals surface area (Å²) in [7, 11) is 0. The Labute approximate surface area is 202 Å². The lowest BCUT2D eigenvalue weighted by molar-refractivity contribution is -0.137. The molecule has 3 heterocycles. The second-order valence-electron chi connectivity index (χ2n) is 8.11. The Bertz CT molecular complexity index is 1460. The first-order valence-electron chi connectivity index (χ1n) is 10.8. The molecule has 2 amide bonds. The van der Waals surface area contributed by atoms with E-state index in [1.54, 1.807) is 42.5 Å². The van der Waals surface area contributed by atoms with E-state index in [9.17, 15) is 22.8 Å². The Morgan fingerprint density at radius 2 is 1.89 bits per heavy atom. The first-order valence-corrected chi connectivity index (χ1v) is 10.8. The van der Waals surface area contributed by atoms with E-state index < -0.39 is 29.6 Å². The van der Waals surface area contributed by atoms with Crippen LogP contribution >= 0.6 is 0 Å². The molecule has 1 unspecified atom stereocenters. The third-order valence-corrected chi connectivity index (χ3v) is 5.72. The minimum Gasteiger partial charge on any atom is -0.467 e. The van der Waals surface area contributed by atoms with Gasteiger partial charge in [-0.25, -0.2) is 4.98 Å². The van der Waals surface area contributed by atoms with Gasteiger partial charge in [0.25, 0.3) is 5.91 Å². The fraction of sp³-hybridized carbons (Fsp3) is 0.167. The fourth-order valence-electron chi connectivity index (χ4n) is 3.98. The van der Waals surface area contributed by atoms with Crippen molar-refractivity contribution >= 4 is 40.2 Å². The summed E-state index contributed by atoms with van der Waals surface area (Å²) in [5, 5.41) is 8.29. The number of furan rings is 1. The molecule has 2 aromatic carbocycles. The number of rotatable bonds is 6. The van der Waals surface area contributed by atoms with Crippen LogP contribution in [-0.2, 0) is 22.3 Å². The van der Waals surface area contributed by atoms with Gasteiger partial charge in [0.15, 0.2) is 0 Å². The number of benzene rings is 2. The lowest BCUT2D eigenvalue weighted by Gasteiger charge is -2.20. The molecule has 0 saturated heterocycles. The summed E-state index contributed by atoms with van der Waals surface area (Å²) in [4.78, 5) is 29.4. The number of nitrogens with zero attached hydrogens (tertiary/aromatic N) is 4. The van der Waals surface area contributed by atoms with Crippen molar-refractivity contribution in [2.45, 2.75) is 25.2 Å². The lowest BCUT2D eigenvalue weighted by atomic mass is 10.1. The highest BCUT2D eigenvalue weighted by Crippen LogP contribution is 2.33. The molecule has 1 aliphatic heterocycles. The molecular formula is C24H19F3N6O3. The van der Waals surface area contributed by atoms with Crippen LogP contribution in [0.2, 0.25) is 0 Å². The number of hydrogen-bond acceptors (Lipinski definition) is 6. The van der Waals surface area contributed by atoms with E-state index >= 15 is 0 Å². The average Bonchev–Trinajstić information content (AvgIpc) is 3.58. The molecule has 0 fully saturated rings. The second-order valence-corrected chi connectivity index (χ2v) is 8.11. The highest BCUT2D eigenvalue weighted by Gasteiger charge is 2.36. The number of halogens is 3. The number of primary amides is 1. The Balaban J connectivity index is 1.49. The fourth-order valence-corrected chi connectivity index (χ4v) is 3.98. The number of amides is 2. The van der Waals surface area contributed by atoms with Crippen LogP contribution in [0, 0.1) is 0 Å². The van der Waals surface area contributed by atoms with Gasteiger partial charge < -0.3 is 14.7 Å². The summed E-state index contributed by atoms with van der Waals surface area (Å²) in [5.74, 6) is -0.809. The van der Waals surface area contributed by atoms with Crippen molar-refractivity contribution in [3.05, 3.63) is 78.3 Å². The van der Waals surface area contributed by atoms with Crippen molar-refractivity contribution < 1.29 is 27.2 Å². The van der Waals surface area contributed by atoms with Crippen molar-refractivity contribution in [2.24, 2.45) is 10.8 Å². The maximum Gasteiger partial charge on any atom is 0.416 e. The smallest absolute Gasteiger partial charge is 0.416 e. The monoisotopic (exact) mass is 496 g/mol. The normalized spacial score (nSPS) is 15.8. The van der Waals surface area contributed by atoms with Gasteiger partial charge in [-0.2, -0.15) is 18.3 Å². The van der Waals surface area contributed by atoms with Gasteiger partial charge in [0.1, 0.15) is 17.5 Å². The van der Waals surface area contributed by atoms with Gasteiger partial charge in [-0.15, -0.1) is 0 Å². The zero-order valence-electron chi connectivity index (χ0n) is 18.6. The number of carbonyl (C=O) groups excluding carboxylic acids is 2. The Hall–Kier alpha value is -4.61. The second kappa shape index (κ2) is 8.87. The van der Waals surface area contributed by atoms with Crippen LogP contribution in [0.3, 0.4) is 0 Å². The molecule has 1 aliphatic rings. The molecule has 2 aromatic heterocycles. The van der Waals surface area contributed by atoms with Crippen molar-refractivity contribution in [3.63, 3.8) is 0 Å². The highest BCUT2D eigenvalue weighted by atomic mass is 19.4. The molecule has 9 nitrogen and oxygen atoms in total. The number of nitrogens with one attached hydrogen (secondary N) is 1. The molecule has 0 saturated carbocycles. The SMILES string of the molecule is NC(=O)C1CC(C(=O)Nc2nc3cc(C(F)(F)F)ccc3n2Cc2ccco2)=NN1c1ccccc1. The summed E-state index contributed by atoms with van der Waals surface area (Å²) in [6.45, 7) is 0.108. The van der Waals surface area contributed by atoms with Crippen LogP contribution in [-0.4, -0.2) is 33.1 Å². The van der Waals surface area contributed by atoms with Crippen LogP contribution in [0.1, 0.15) is 17.7 Å². The summed E-state index contributed by atoms with van der Waals surface area (Å²) in [6, 6.07) is 14.4. The molecule has 0 aliphatic carbocycles. The van der Waals surface area contributed by atoms with Gasteiger partial charge in [-0.1, -0.05) is 18.2 Å². The van der Waals surface area contributed by atoms with E-state index in [2.05, 4.69) is 15.4 Å². The number of hydrogen-bond donors (Lipinski definition) is 2. The molecule has 0 spiro atoms. The minimum absolute atomic E-state index is 0.00205. The van der Waals surface area contributed by atoms with E-state index in [0.717, 1.165) is 12.1 Å². The van der Waals surface area contributed by atoms with Crippen LogP contribution in [0.4, 0.5) is 24.8 Å². The number of hydrazone groups is 1. The quantitative estimate of drug-likeness (QED) is 0.422. The molecule has 184 valence electrons. The third-order valence-electron chi connectivity index (χ3n) is 5.72. The van der Waals surface area contributed by atoms with Crippen molar-refractivity contribution in [3.8, 4) is 0 Å². The van der Waals surface area contributed by atoms with E-state index in [0.29, 0.717) is 17.0 Å². The maximum atomic E-state index is 13.2. The summed E-state index contributed by atoms with van der Waals surface area (Å²) >= 11 is 0. The number of carbonyl (C=O) groups is 2.